The molecule has 1 saturated carbocycles. The number of pyridine rings is 1. The molecule has 0 aliphatic heterocycles. The van der Waals surface area contributed by atoms with Gasteiger partial charge >= 0.3 is 18.6 Å². The highest BCUT2D eigenvalue weighted by molar-refractivity contribution is 6.03. The number of methoxy groups -OCH3 is 1. The van der Waals surface area contributed by atoms with Crippen molar-refractivity contribution in [3.8, 4) is 11.8 Å². The molecule has 2 aromatic rings. The number of para-hydroxylation sites is 1. The number of hydrogen-bond acceptors (Lipinski definition) is 5. The maximum atomic E-state index is 13.6. The number of nitrogens with zero attached hydrogens (tertiary/aromatic N) is 2. The Bertz CT molecular complexity index is 1010. The summed E-state index contributed by atoms with van der Waals surface area (Å²) in [5, 5.41) is 12.0. The van der Waals surface area contributed by atoms with Gasteiger partial charge in [-0.2, -0.15) is 13.8 Å². The van der Waals surface area contributed by atoms with E-state index in [2.05, 4.69) is 15.0 Å². The Morgan fingerprint density at radius 3 is 2.38 bits per heavy atom. The number of anilines is 2. The minimum Gasteiger partial charge on any atom is -0.481 e. The number of alkyl halides is 2. The number of urea groups is 1. The van der Waals surface area contributed by atoms with Gasteiger partial charge in [0.2, 0.25) is 11.8 Å². The van der Waals surface area contributed by atoms with E-state index >= 15 is 0 Å². The van der Waals surface area contributed by atoms with Gasteiger partial charge in [-0.05, 0) is 49.3 Å². The number of hydrogen-bond donors (Lipinski definition) is 2. The van der Waals surface area contributed by atoms with Crippen molar-refractivity contribution in [2.75, 3.05) is 17.3 Å². The number of carbonyl (C=O) groups is 2. The van der Waals surface area contributed by atoms with Crippen molar-refractivity contribution in [2.45, 2.75) is 58.1 Å². The molecule has 0 unspecified atom stereocenters. The van der Waals surface area contributed by atoms with Crippen LogP contribution in [0.5, 0.6) is 11.8 Å². The maximum absolute atomic E-state index is 13.6. The number of carboxylic acid groups (broad SMARTS) is 1. The highest BCUT2D eigenvalue weighted by Gasteiger charge is 2.34. The van der Waals surface area contributed by atoms with Crippen LogP contribution in [0.2, 0.25) is 0 Å². The first kappa shape index (κ1) is 25.2. The number of rotatable bonds is 8. The maximum Gasteiger partial charge on any atom is 0.388 e. The first-order chi connectivity index (χ1) is 16.2. The molecule has 0 atom stereocenters. The van der Waals surface area contributed by atoms with Crippen LogP contribution in [0.3, 0.4) is 0 Å². The molecule has 8 nitrogen and oxygen atoms in total. The molecule has 10 heteroatoms. The monoisotopic (exact) mass is 477 g/mol. The van der Waals surface area contributed by atoms with Gasteiger partial charge in [-0.25, -0.2) is 4.79 Å². The molecule has 0 radical (unpaired) electrons. The molecular weight excluding hydrogens is 448 g/mol. The average Bonchev–Trinajstić information content (AvgIpc) is 2.80. The fourth-order valence-electron chi connectivity index (χ4n) is 4.23. The minimum absolute atomic E-state index is 0.0302. The smallest absolute Gasteiger partial charge is 0.388 e. The molecule has 34 heavy (non-hydrogen) atoms. The standard InChI is InChI=1S/C24H29F2N3O5/c1-14(2)17-6-4-5-7-19(17)29(16-10-8-15(9-11-16)22(30)31)24(32)27-18-12-13-20(33-3)28-21(18)34-23(25)26/h4-7,12-16,23H,8-11H2,1-3H3,(H,27,32)(H,30,31)/t15-,16-. The highest BCUT2D eigenvalue weighted by Crippen LogP contribution is 2.36. The van der Waals surface area contributed by atoms with Crippen LogP contribution in [-0.2, 0) is 4.79 Å². The van der Waals surface area contributed by atoms with Crippen molar-refractivity contribution in [3.05, 3.63) is 42.0 Å². The van der Waals surface area contributed by atoms with Crippen LogP contribution in [0.4, 0.5) is 25.0 Å². The van der Waals surface area contributed by atoms with Gasteiger partial charge in [0, 0.05) is 17.8 Å². The zero-order chi connectivity index (χ0) is 24.8. The molecule has 0 bridgehead atoms. The molecule has 3 rings (SSSR count). The molecule has 0 saturated heterocycles. The SMILES string of the molecule is COc1ccc(NC(=O)N(c2ccccc2C(C)C)[C@H]2CC[C@H](C(=O)O)CC2)c(OC(F)F)n1. The summed E-state index contributed by atoms with van der Waals surface area (Å²) in [6.45, 7) is 0.885. The van der Waals surface area contributed by atoms with Gasteiger partial charge in [0.15, 0.2) is 0 Å². The molecular formula is C24H29F2N3O5. The summed E-state index contributed by atoms with van der Waals surface area (Å²) in [4.78, 5) is 30.5. The lowest BCUT2D eigenvalue weighted by atomic mass is 9.85. The van der Waals surface area contributed by atoms with E-state index in [4.69, 9.17) is 4.74 Å². The van der Waals surface area contributed by atoms with Gasteiger partial charge in [0.25, 0.3) is 0 Å². The summed E-state index contributed by atoms with van der Waals surface area (Å²) < 4.78 is 35.4. The third kappa shape index (κ3) is 5.92. The fourth-order valence-corrected chi connectivity index (χ4v) is 4.23. The summed E-state index contributed by atoms with van der Waals surface area (Å²) in [7, 11) is 1.34. The van der Waals surface area contributed by atoms with E-state index < -0.39 is 30.4 Å². The van der Waals surface area contributed by atoms with E-state index in [0.29, 0.717) is 31.4 Å². The lowest BCUT2D eigenvalue weighted by Crippen LogP contribution is -2.46. The lowest BCUT2D eigenvalue weighted by Gasteiger charge is -2.37. The van der Waals surface area contributed by atoms with Crippen molar-refractivity contribution in [2.24, 2.45) is 5.92 Å². The van der Waals surface area contributed by atoms with Crippen molar-refractivity contribution < 1.29 is 33.0 Å². The van der Waals surface area contributed by atoms with Gasteiger partial charge in [-0.3, -0.25) is 9.69 Å². The molecule has 0 spiro atoms. The summed E-state index contributed by atoms with van der Waals surface area (Å²) in [5.41, 5.74) is 1.60. The molecule has 2 amide bonds. The Morgan fingerprint density at radius 2 is 1.79 bits per heavy atom. The van der Waals surface area contributed by atoms with E-state index in [0.717, 1.165) is 5.56 Å². The molecule has 1 aromatic carbocycles. The highest BCUT2D eigenvalue weighted by atomic mass is 19.3. The van der Waals surface area contributed by atoms with Crippen LogP contribution in [0.1, 0.15) is 51.0 Å². The predicted molar refractivity (Wildman–Crippen MR) is 123 cm³/mol. The first-order valence-electron chi connectivity index (χ1n) is 11.1. The topological polar surface area (TPSA) is 101 Å². The van der Waals surface area contributed by atoms with E-state index in [1.54, 1.807) is 4.90 Å². The number of amides is 2. The average molecular weight is 478 g/mol. The number of ether oxygens (including phenoxy) is 2. The lowest BCUT2D eigenvalue weighted by molar-refractivity contribution is -0.142. The van der Waals surface area contributed by atoms with Gasteiger partial charge in [0.05, 0.1) is 13.0 Å². The second-order valence-electron chi connectivity index (χ2n) is 8.44. The number of carboxylic acids is 1. The predicted octanol–water partition coefficient (Wildman–Crippen LogP) is 5.50. The number of aliphatic carboxylic acids is 1. The Morgan fingerprint density at radius 1 is 1.12 bits per heavy atom. The van der Waals surface area contributed by atoms with E-state index in [9.17, 15) is 23.5 Å². The zero-order valence-electron chi connectivity index (χ0n) is 19.3. The second-order valence-corrected chi connectivity index (χ2v) is 8.44. The van der Waals surface area contributed by atoms with Crippen molar-refractivity contribution >= 4 is 23.4 Å². The van der Waals surface area contributed by atoms with Crippen LogP contribution >= 0.6 is 0 Å². The first-order valence-corrected chi connectivity index (χ1v) is 11.1. The summed E-state index contributed by atoms with van der Waals surface area (Å²) >= 11 is 0. The molecule has 184 valence electrons. The molecule has 1 aliphatic carbocycles. The molecule has 1 aliphatic rings. The van der Waals surface area contributed by atoms with Crippen molar-refractivity contribution in [1.29, 1.82) is 0 Å². The van der Waals surface area contributed by atoms with Gasteiger partial charge < -0.3 is 19.9 Å². The Labute approximate surface area is 196 Å². The van der Waals surface area contributed by atoms with Crippen molar-refractivity contribution in [1.82, 2.24) is 4.98 Å². The Kier molecular flexibility index (Phi) is 8.25. The number of aromatic nitrogens is 1. The van der Waals surface area contributed by atoms with Crippen LogP contribution < -0.4 is 19.7 Å². The summed E-state index contributed by atoms with van der Waals surface area (Å²) in [6.07, 6.45) is 1.88. The Hall–Kier alpha value is -3.43. The van der Waals surface area contributed by atoms with E-state index in [-0.39, 0.29) is 23.5 Å². The third-order valence-corrected chi connectivity index (χ3v) is 5.93. The molecule has 1 fully saturated rings. The van der Waals surface area contributed by atoms with Crippen LogP contribution in [0.25, 0.3) is 0 Å². The molecule has 1 heterocycles. The number of carbonyl (C=O) groups excluding carboxylic acids is 1. The third-order valence-electron chi connectivity index (χ3n) is 5.93. The second kappa shape index (κ2) is 11.1. The van der Waals surface area contributed by atoms with Crippen molar-refractivity contribution in [3.63, 3.8) is 0 Å². The largest absolute Gasteiger partial charge is 0.481 e. The summed E-state index contributed by atoms with van der Waals surface area (Å²) in [6, 6.07) is 9.49. The zero-order valence-corrected chi connectivity index (χ0v) is 19.3. The number of nitrogens with one attached hydrogen (secondary N) is 1. The van der Waals surface area contributed by atoms with Gasteiger partial charge in [-0.15, -0.1) is 0 Å². The number of halogens is 2. The Balaban J connectivity index is 1.96. The molecule has 1 aromatic heterocycles. The fraction of sp³-hybridized carbons (Fsp3) is 0.458. The van der Waals surface area contributed by atoms with Crippen LogP contribution in [0.15, 0.2) is 36.4 Å². The van der Waals surface area contributed by atoms with Crippen LogP contribution in [0, 0.1) is 5.92 Å². The quantitative estimate of drug-likeness (QED) is 0.521. The minimum atomic E-state index is -3.14. The molecule has 2 N–H and O–H groups in total. The number of benzene rings is 1. The summed E-state index contributed by atoms with van der Waals surface area (Å²) in [5.74, 6) is -1.58. The normalized spacial score (nSPS) is 18.0. The van der Waals surface area contributed by atoms with Crippen LogP contribution in [-0.4, -0.2) is 41.9 Å². The van der Waals surface area contributed by atoms with E-state index in [1.165, 1.54) is 19.2 Å². The van der Waals surface area contributed by atoms with Gasteiger partial charge in [-0.1, -0.05) is 32.0 Å². The van der Waals surface area contributed by atoms with Gasteiger partial charge in [0.1, 0.15) is 5.69 Å². The van der Waals surface area contributed by atoms with E-state index in [1.807, 2.05) is 38.1 Å².